The molecule has 2 heteroatoms. The highest BCUT2D eigenvalue weighted by molar-refractivity contribution is 6.87. The summed E-state index contributed by atoms with van der Waals surface area (Å²) >= 11 is 0. The Kier molecular flexibility index (Phi) is 2.47. The minimum absolute atomic E-state index is 1.30. The molecule has 0 saturated carbocycles. The number of hydrogen-bond acceptors (Lipinski definition) is 1. The van der Waals surface area contributed by atoms with Gasteiger partial charge in [-0.25, -0.2) is 0 Å². The van der Waals surface area contributed by atoms with Crippen LogP contribution in [0.5, 0.6) is 0 Å². The summed E-state index contributed by atoms with van der Waals surface area (Å²) in [5, 5.41) is 1.46. The van der Waals surface area contributed by atoms with E-state index in [1.165, 1.54) is 5.19 Å². The molecule has 0 aliphatic carbocycles. The lowest BCUT2D eigenvalue weighted by atomic mass is 10.4. The van der Waals surface area contributed by atoms with Gasteiger partial charge in [-0.2, -0.15) is 0 Å². The maximum atomic E-state index is 3.40. The third kappa shape index (κ3) is 1.91. The van der Waals surface area contributed by atoms with Crippen molar-refractivity contribution in [1.82, 2.24) is 4.98 Å². The molecular weight excluding hydrogens is 150 g/mol. The smallest absolute Gasteiger partial charge is 0.151 e. The van der Waals surface area contributed by atoms with E-state index in [0.29, 0.717) is 0 Å². The SMILES string of the molecule is CN[Si](C)(C)c1ccccc1. The van der Waals surface area contributed by atoms with Gasteiger partial charge in [-0.05, 0) is 12.2 Å². The van der Waals surface area contributed by atoms with E-state index in [4.69, 9.17) is 0 Å². The van der Waals surface area contributed by atoms with Gasteiger partial charge < -0.3 is 4.98 Å². The predicted molar refractivity (Wildman–Crippen MR) is 52.6 cm³/mol. The van der Waals surface area contributed by atoms with Crippen LogP contribution in [0.15, 0.2) is 30.3 Å². The van der Waals surface area contributed by atoms with Gasteiger partial charge in [-0.15, -0.1) is 0 Å². The summed E-state index contributed by atoms with van der Waals surface area (Å²) in [6, 6.07) is 10.7. The Bertz CT molecular complexity index is 218. The first-order chi connectivity index (χ1) is 5.17. The third-order valence-corrected chi connectivity index (χ3v) is 5.15. The molecule has 1 aromatic carbocycles. The molecule has 60 valence electrons. The fourth-order valence-corrected chi connectivity index (χ4v) is 2.31. The Labute approximate surface area is 69.5 Å². The molecule has 0 atom stereocenters. The van der Waals surface area contributed by atoms with Crippen LogP contribution in [-0.2, 0) is 0 Å². The number of nitrogens with one attached hydrogen (secondary N) is 1. The molecule has 0 spiro atoms. The van der Waals surface area contributed by atoms with Gasteiger partial charge in [0, 0.05) is 0 Å². The summed E-state index contributed by atoms with van der Waals surface area (Å²) in [5.74, 6) is 0. The molecule has 0 aliphatic rings. The van der Waals surface area contributed by atoms with Gasteiger partial charge in [0.15, 0.2) is 8.24 Å². The Balaban J connectivity index is 2.93. The summed E-state index contributed by atoms with van der Waals surface area (Å²) in [7, 11) is 0.738. The molecule has 1 rings (SSSR count). The lowest BCUT2D eigenvalue weighted by molar-refractivity contribution is 1.18. The Morgan fingerprint density at radius 1 is 1.09 bits per heavy atom. The van der Waals surface area contributed by atoms with Crippen LogP contribution in [0.25, 0.3) is 0 Å². The zero-order chi connectivity index (χ0) is 8.32. The minimum Gasteiger partial charge on any atom is -0.337 e. The van der Waals surface area contributed by atoms with Crippen LogP contribution in [0, 0.1) is 0 Å². The van der Waals surface area contributed by atoms with E-state index in [1.54, 1.807) is 0 Å². The van der Waals surface area contributed by atoms with Crippen LogP contribution in [0.3, 0.4) is 0 Å². The van der Waals surface area contributed by atoms with Gasteiger partial charge in [0.25, 0.3) is 0 Å². The number of benzene rings is 1. The molecular formula is C9H15NSi. The number of hydrogen-bond donors (Lipinski definition) is 1. The van der Waals surface area contributed by atoms with Gasteiger partial charge >= 0.3 is 0 Å². The maximum Gasteiger partial charge on any atom is 0.151 e. The summed E-state index contributed by atoms with van der Waals surface area (Å²) in [6.07, 6.45) is 0. The van der Waals surface area contributed by atoms with E-state index in [-0.39, 0.29) is 0 Å². The maximum absolute atomic E-state index is 3.40. The van der Waals surface area contributed by atoms with Gasteiger partial charge in [0.2, 0.25) is 0 Å². The molecule has 0 saturated heterocycles. The van der Waals surface area contributed by atoms with Crippen LogP contribution in [-0.4, -0.2) is 15.3 Å². The van der Waals surface area contributed by atoms with Crippen molar-refractivity contribution in [1.29, 1.82) is 0 Å². The molecule has 1 nitrogen and oxygen atoms in total. The average molecular weight is 165 g/mol. The number of rotatable bonds is 2. The summed E-state index contributed by atoms with van der Waals surface area (Å²) in [4.78, 5) is 3.40. The molecule has 0 unspecified atom stereocenters. The average Bonchev–Trinajstić information content (AvgIpc) is 2.06. The van der Waals surface area contributed by atoms with Crippen LogP contribution >= 0.6 is 0 Å². The lowest BCUT2D eigenvalue weighted by Crippen LogP contribution is -2.53. The Hall–Kier alpha value is -0.603. The zero-order valence-electron chi connectivity index (χ0n) is 7.39. The van der Waals surface area contributed by atoms with E-state index in [1.807, 2.05) is 7.05 Å². The molecule has 1 N–H and O–H groups in total. The fourth-order valence-electron chi connectivity index (χ4n) is 0.999. The first-order valence-electron chi connectivity index (χ1n) is 3.91. The zero-order valence-corrected chi connectivity index (χ0v) is 8.39. The van der Waals surface area contributed by atoms with Crippen molar-refractivity contribution in [2.24, 2.45) is 0 Å². The molecule has 0 bridgehead atoms. The topological polar surface area (TPSA) is 12.0 Å². The van der Waals surface area contributed by atoms with Gasteiger partial charge in [0.05, 0.1) is 0 Å². The molecule has 1 aromatic rings. The van der Waals surface area contributed by atoms with Crippen LogP contribution in [0.4, 0.5) is 0 Å². The summed E-state index contributed by atoms with van der Waals surface area (Å²) in [5.41, 5.74) is 0. The monoisotopic (exact) mass is 165 g/mol. The van der Waals surface area contributed by atoms with Crippen molar-refractivity contribution in [2.45, 2.75) is 13.1 Å². The minimum atomic E-state index is -1.30. The van der Waals surface area contributed by atoms with Crippen LogP contribution in [0.1, 0.15) is 0 Å². The molecule has 0 fully saturated rings. The first kappa shape index (κ1) is 8.49. The second kappa shape index (κ2) is 3.20. The standard InChI is InChI=1S/C9H15NSi/c1-10-11(2,3)9-7-5-4-6-8-9/h4-8,10H,1-3H3. The second-order valence-electron chi connectivity index (χ2n) is 3.24. The molecule has 11 heavy (non-hydrogen) atoms. The van der Waals surface area contributed by atoms with E-state index < -0.39 is 8.24 Å². The molecule has 0 amide bonds. The first-order valence-corrected chi connectivity index (χ1v) is 6.91. The Morgan fingerprint density at radius 2 is 1.64 bits per heavy atom. The lowest BCUT2D eigenvalue weighted by Gasteiger charge is -2.21. The van der Waals surface area contributed by atoms with Crippen molar-refractivity contribution >= 4 is 13.4 Å². The van der Waals surface area contributed by atoms with Crippen molar-refractivity contribution < 1.29 is 0 Å². The van der Waals surface area contributed by atoms with Crippen LogP contribution in [0.2, 0.25) is 13.1 Å². The second-order valence-corrected chi connectivity index (χ2v) is 7.57. The quantitative estimate of drug-likeness (QED) is 0.652. The van der Waals surface area contributed by atoms with Gasteiger partial charge in [0.1, 0.15) is 0 Å². The van der Waals surface area contributed by atoms with Gasteiger partial charge in [-0.3, -0.25) is 0 Å². The summed E-state index contributed by atoms with van der Waals surface area (Å²) < 4.78 is 0. The molecule has 0 aromatic heterocycles. The fraction of sp³-hybridized carbons (Fsp3) is 0.333. The van der Waals surface area contributed by atoms with Crippen molar-refractivity contribution in [3.8, 4) is 0 Å². The molecule has 0 heterocycles. The Morgan fingerprint density at radius 3 is 2.09 bits per heavy atom. The van der Waals surface area contributed by atoms with Crippen LogP contribution < -0.4 is 10.2 Å². The van der Waals surface area contributed by atoms with Gasteiger partial charge in [-0.1, -0.05) is 43.4 Å². The third-order valence-electron chi connectivity index (χ3n) is 2.12. The van der Waals surface area contributed by atoms with E-state index >= 15 is 0 Å². The highest BCUT2D eigenvalue weighted by Crippen LogP contribution is 1.96. The highest BCUT2D eigenvalue weighted by atomic mass is 28.3. The largest absolute Gasteiger partial charge is 0.337 e. The summed E-state index contributed by atoms with van der Waals surface area (Å²) in [6.45, 7) is 4.62. The van der Waals surface area contributed by atoms with E-state index in [0.717, 1.165) is 0 Å². The van der Waals surface area contributed by atoms with E-state index in [9.17, 15) is 0 Å². The van der Waals surface area contributed by atoms with Crippen molar-refractivity contribution in [2.75, 3.05) is 7.05 Å². The van der Waals surface area contributed by atoms with Crippen molar-refractivity contribution in [3.63, 3.8) is 0 Å². The normalized spacial score (nSPS) is 11.5. The highest BCUT2D eigenvalue weighted by Gasteiger charge is 2.19. The predicted octanol–water partition coefficient (Wildman–Crippen LogP) is 1.32. The molecule has 0 aliphatic heterocycles. The van der Waals surface area contributed by atoms with Crippen molar-refractivity contribution in [3.05, 3.63) is 30.3 Å². The molecule has 0 radical (unpaired) electrons. The van der Waals surface area contributed by atoms with E-state index in [2.05, 4.69) is 48.4 Å².